The van der Waals surface area contributed by atoms with Crippen LogP contribution in [0.3, 0.4) is 0 Å². The second-order valence-corrected chi connectivity index (χ2v) is 5.98. The van der Waals surface area contributed by atoms with Gasteiger partial charge in [-0.3, -0.25) is 0 Å². The van der Waals surface area contributed by atoms with Crippen LogP contribution in [0, 0.1) is 6.92 Å². The summed E-state index contributed by atoms with van der Waals surface area (Å²) in [5, 5.41) is 10.0. The van der Waals surface area contributed by atoms with Gasteiger partial charge in [-0.05, 0) is 0 Å². The predicted molar refractivity (Wildman–Crippen MR) is 70.9 cm³/mol. The molecule has 0 saturated carbocycles. The van der Waals surface area contributed by atoms with E-state index in [1.807, 2.05) is 31.2 Å². The van der Waals surface area contributed by atoms with Crippen molar-refractivity contribution in [3.05, 3.63) is 48.0 Å². The molecule has 88 valence electrons. The van der Waals surface area contributed by atoms with E-state index in [-0.39, 0.29) is 15.0 Å². The van der Waals surface area contributed by atoms with Gasteiger partial charge in [0, 0.05) is 0 Å². The van der Waals surface area contributed by atoms with Crippen molar-refractivity contribution in [2.24, 2.45) is 0 Å². The normalized spacial score (nSPS) is 10.2. The molecule has 0 saturated heterocycles. The average molecular weight is 293 g/mol. The Morgan fingerprint density at radius 2 is 1.82 bits per heavy atom. The zero-order valence-electron chi connectivity index (χ0n) is 9.81. The van der Waals surface area contributed by atoms with Crippen molar-refractivity contribution >= 4 is 23.9 Å². The van der Waals surface area contributed by atoms with Crippen LogP contribution in [0.4, 0.5) is 0 Å². The Morgan fingerprint density at radius 1 is 1.12 bits per heavy atom. The topological polar surface area (TPSA) is 29.5 Å². The molecule has 0 radical (unpaired) electrons. The molecule has 0 aliphatic carbocycles. The van der Waals surface area contributed by atoms with Gasteiger partial charge in [0.15, 0.2) is 0 Å². The Kier molecular flexibility index (Phi) is 3.72. The van der Waals surface area contributed by atoms with Crippen LogP contribution in [-0.2, 0) is 0 Å². The third-order valence-corrected chi connectivity index (χ3v) is 5.04. The van der Waals surface area contributed by atoms with E-state index in [2.05, 4.69) is 12.1 Å². The van der Waals surface area contributed by atoms with Gasteiger partial charge >= 0.3 is 107 Å². The first-order valence-corrected chi connectivity index (χ1v) is 7.02. The van der Waals surface area contributed by atoms with Gasteiger partial charge in [-0.15, -0.1) is 0 Å². The molecule has 0 amide bonds. The van der Waals surface area contributed by atoms with Gasteiger partial charge in [0.1, 0.15) is 0 Å². The quantitative estimate of drug-likeness (QED) is 0.866. The summed E-state index contributed by atoms with van der Waals surface area (Å²) in [6.45, 7) is 2.00. The molecule has 2 rings (SSSR count). The van der Waals surface area contributed by atoms with Crippen LogP contribution in [0.15, 0.2) is 42.5 Å². The fourth-order valence-corrected chi connectivity index (χ4v) is 3.49. The fourth-order valence-electron chi connectivity index (χ4n) is 1.58. The summed E-state index contributed by atoms with van der Waals surface area (Å²) in [4.78, 5) is 0. The van der Waals surface area contributed by atoms with Crippen LogP contribution in [0.2, 0.25) is 0 Å². The Morgan fingerprint density at radius 3 is 2.41 bits per heavy atom. The van der Waals surface area contributed by atoms with Crippen molar-refractivity contribution < 1.29 is 9.84 Å². The molecule has 3 heteroatoms. The minimum atomic E-state index is 0.127. The third kappa shape index (κ3) is 2.82. The molecule has 2 aromatic carbocycles. The first kappa shape index (κ1) is 12.0. The third-order valence-electron chi connectivity index (χ3n) is 2.43. The summed E-state index contributed by atoms with van der Waals surface area (Å²) in [7, 11) is 1.61. The average Bonchev–Trinajstić information content (AvgIpc) is 2.35. The maximum atomic E-state index is 10.0. The second-order valence-electron chi connectivity index (χ2n) is 3.71. The minimum absolute atomic E-state index is 0.127. The first-order chi connectivity index (χ1) is 8.20. The van der Waals surface area contributed by atoms with Crippen LogP contribution in [-0.4, -0.2) is 27.2 Å². The Labute approximate surface area is 107 Å². The van der Waals surface area contributed by atoms with Crippen molar-refractivity contribution in [2.75, 3.05) is 7.11 Å². The number of methoxy groups -OCH3 is 1. The number of phenolic OH excluding ortho intramolecular Hbond substituents is 1. The number of hydrogen-bond donors (Lipinski definition) is 1. The van der Waals surface area contributed by atoms with Gasteiger partial charge in [0.25, 0.3) is 0 Å². The van der Waals surface area contributed by atoms with E-state index in [4.69, 9.17) is 4.74 Å². The van der Waals surface area contributed by atoms with Crippen LogP contribution >= 0.6 is 0 Å². The van der Waals surface area contributed by atoms with Crippen molar-refractivity contribution in [1.82, 2.24) is 0 Å². The van der Waals surface area contributed by atoms with Crippen LogP contribution < -0.4 is 13.7 Å². The summed E-state index contributed by atoms with van der Waals surface area (Å²) in [6, 6.07) is 13.8. The standard InChI is InChI=1S/C14H14O2Se/c1-10-8-11(16-2)9-13(15)14(10)17-12-6-4-3-5-7-12/h3-9,15H,1-2H3. The molecule has 17 heavy (non-hydrogen) atoms. The van der Waals surface area contributed by atoms with Crippen LogP contribution in [0.1, 0.15) is 5.56 Å². The Balaban J connectivity index is 2.33. The number of rotatable bonds is 3. The molecule has 0 aromatic heterocycles. The molecule has 0 aliphatic rings. The van der Waals surface area contributed by atoms with E-state index in [1.54, 1.807) is 13.2 Å². The first-order valence-electron chi connectivity index (χ1n) is 5.31. The zero-order chi connectivity index (χ0) is 12.3. The Hall–Kier alpha value is -1.44. The summed E-state index contributed by atoms with van der Waals surface area (Å²) in [5.74, 6) is 1.03. The zero-order valence-corrected chi connectivity index (χ0v) is 11.5. The van der Waals surface area contributed by atoms with Gasteiger partial charge in [-0.25, -0.2) is 0 Å². The second kappa shape index (κ2) is 5.26. The summed E-state index contributed by atoms with van der Waals surface area (Å²) in [6.07, 6.45) is 0. The molecule has 0 unspecified atom stereocenters. The van der Waals surface area contributed by atoms with Gasteiger partial charge in [-0.1, -0.05) is 0 Å². The summed E-state index contributed by atoms with van der Waals surface area (Å²) < 4.78 is 7.40. The number of aromatic hydroxyl groups is 1. The fraction of sp³-hybridized carbons (Fsp3) is 0.143. The van der Waals surface area contributed by atoms with Crippen molar-refractivity contribution in [3.8, 4) is 11.5 Å². The molecule has 0 spiro atoms. The Bertz CT molecular complexity index is 486. The molecule has 0 heterocycles. The monoisotopic (exact) mass is 294 g/mol. The number of hydrogen-bond acceptors (Lipinski definition) is 2. The molecule has 2 aromatic rings. The predicted octanol–water partition coefficient (Wildman–Crippen LogP) is 1.36. The van der Waals surface area contributed by atoms with Crippen molar-refractivity contribution in [2.45, 2.75) is 6.92 Å². The number of benzene rings is 2. The van der Waals surface area contributed by atoms with Crippen molar-refractivity contribution in [3.63, 3.8) is 0 Å². The molecular formula is C14H14O2Se. The molecule has 1 N–H and O–H groups in total. The van der Waals surface area contributed by atoms with E-state index >= 15 is 0 Å². The van der Waals surface area contributed by atoms with Gasteiger partial charge < -0.3 is 0 Å². The van der Waals surface area contributed by atoms with Gasteiger partial charge in [-0.2, -0.15) is 0 Å². The molecular weight excluding hydrogens is 279 g/mol. The molecule has 2 nitrogen and oxygen atoms in total. The van der Waals surface area contributed by atoms with Gasteiger partial charge in [0.2, 0.25) is 0 Å². The van der Waals surface area contributed by atoms with E-state index in [0.717, 1.165) is 10.0 Å². The molecule has 0 aliphatic heterocycles. The van der Waals surface area contributed by atoms with E-state index < -0.39 is 0 Å². The molecule has 0 fully saturated rings. The van der Waals surface area contributed by atoms with E-state index in [1.165, 1.54) is 4.46 Å². The maximum absolute atomic E-state index is 10.0. The van der Waals surface area contributed by atoms with Crippen LogP contribution in [0.5, 0.6) is 11.5 Å². The van der Waals surface area contributed by atoms with E-state index in [9.17, 15) is 5.11 Å². The number of phenols is 1. The molecule has 0 bridgehead atoms. The molecule has 0 atom stereocenters. The van der Waals surface area contributed by atoms with E-state index in [0.29, 0.717) is 11.5 Å². The number of aryl methyl sites for hydroxylation is 1. The summed E-state index contributed by atoms with van der Waals surface area (Å²) in [5.41, 5.74) is 1.07. The van der Waals surface area contributed by atoms with Gasteiger partial charge in [0.05, 0.1) is 0 Å². The SMILES string of the molecule is COc1cc(C)c([Se]c2ccccc2)c(O)c1. The summed E-state index contributed by atoms with van der Waals surface area (Å²) >= 11 is 0.127. The van der Waals surface area contributed by atoms with Crippen molar-refractivity contribution in [1.29, 1.82) is 0 Å². The van der Waals surface area contributed by atoms with Crippen LogP contribution in [0.25, 0.3) is 0 Å². The number of ether oxygens (including phenoxy) is 1.